The summed E-state index contributed by atoms with van der Waals surface area (Å²) in [5, 5.41) is 0. The minimum Gasteiger partial charge on any atom is -0.461 e. The molecule has 0 radical (unpaired) electrons. The van der Waals surface area contributed by atoms with Crippen molar-refractivity contribution in [1.82, 2.24) is 0 Å². The first kappa shape index (κ1) is 22.3. The fourth-order valence-electron chi connectivity index (χ4n) is 2.27. The average Bonchev–Trinajstić information content (AvgIpc) is 2.48. The van der Waals surface area contributed by atoms with Crippen LogP contribution in [0.2, 0.25) is 0 Å². The standard InChI is InChI=1S/C18H30O6/c1-11(2)13(19)17(5,6)15(21)23-9-10-24-16(22)18(7,8)14(20)12(3)4/h11-12H,9-10H2,1-8H3. The van der Waals surface area contributed by atoms with E-state index in [0.717, 1.165) is 0 Å². The van der Waals surface area contributed by atoms with Gasteiger partial charge in [0.05, 0.1) is 0 Å². The summed E-state index contributed by atoms with van der Waals surface area (Å²) in [6.45, 7) is 12.6. The van der Waals surface area contributed by atoms with Crippen LogP contribution in [-0.4, -0.2) is 36.7 Å². The predicted molar refractivity (Wildman–Crippen MR) is 89.2 cm³/mol. The van der Waals surface area contributed by atoms with Crippen molar-refractivity contribution < 1.29 is 28.7 Å². The molecule has 0 unspecified atom stereocenters. The number of ether oxygens (including phenoxy) is 2. The van der Waals surface area contributed by atoms with Crippen molar-refractivity contribution in [3.63, 3.8) is 0 Å². The van der Waals surface area contributed by atoms with Crippen LogP contribution in [0, 0.1) is 22.7 Å². The maximum absolute atomic E-state index is 12.0. The highest BCUT2D eigenvalue weighted by molar-refractivity contribution is 6.04. The van der Waals surface area contributed by atoms with Gasteiger partial charge in [0.1, 0.15) is 24.0 Å². The number of ketones is 2. The van der Waals surface area contributed by atoms with E-state index in [9.17, 15) is 19.2 Å². The summed E-state index contributed by atoms with van der Waals surface area (Å²) >= 11 is 0. The highest BCUT2D eigenvalue weighted by Gasteiger charge is 2.40. The van der Waals surface area contributed by atoms with Crippen molar-refractivity contribution in [2.45, 2.75) is 55.4 Å². The molecule has 0 saturated heterocycles. The van der Waals surface area contributed by atoms with Crippen LogP contribution in [0.5, 0.6) is 0 Å². The Bertz CT molecular complexity index is 454. The van der Waals surface area contributed by atoms with E-state index in [4.69, 9.17) is 9.47 Å². The Morgan fingerprint density at radius 1 is 0.667 bits per heavy atom. The number of hydrogen-bond donors (Lipinski definition) is 0. The first-order valence-corrected chi connectivity index (χ1v) is 8.19. The molecule has 0 aromatic carbocycles. The van der Waals surface area contributed by atoms with E-state index in [1.165, 1.54) is 27.7 Å². The molecule has 0 spiro atoms. The van der Waals surface area contributed by atoms with Crippen molar-refractivity contribution in [1.29, 1.82) is 0 Å². The van der Waals surface area contributed by atoms with Gasteiger partial charge in [0.15, 0.2) is 11.6 Å². The van der Waals surface area contributed by atoms with E-state index in [1.807, 2.05) is 0 Å². The Balaban J connectivity index is 4.50. The van der Waals surface area contributed by atoms with Crippen LogP contribution in [-0.2, 0) is 28.7 Å². The van der Waals surface area contributed by atoms with Crippen LogP contribution in [0.15, 0.2) is 0 Å². The zero-order valence-corrected chi connectivity index (χ0v) is 16.0. The normalized spacial score (nSPS) is 12.2. The van der Waals surface area contributed by atoms with Crippen molar-refractivity contribution in [3.05, 3.63) is 0 Å². The summed E-state index contributed by atoms with van der Waals surface area (Å²) in [5.41, 5.74) is -2.49. The highest BCUT2D eigenvalue weighted by Crippen LogP contribution is 2.24. The summed E-state index contributed by atoms with van der Waals surface area (Å²) in [6, 6.07) is 0. The zero-order chi connectivity index (χ0) is 19.3. The van der Waals surface area contributed by atoms with Gasteiger partial charge in [0.25, 0.3) is 0 Å². The Kier molecular flexibility index (Phi) is 7.80. The van der Waals surface area contributed by atoms with Crippen molar-refractivity contribution >= 4 is 23.5 Å². The minimum absolute atomic E-state index is 0.161. The number of esters is 2. The van der Waals surface area contributed by atoms with Gasteiger partial charge >= 0.3 is 11.9 Å². The summed E-state index contributed by atoms with van der Waals surface area (Å²) < 4.78 is 10.1. The maximum atomic E-state index is 12.0. The first-order chi connectivity index (χ1) is 10.8. The van der Waals surface area contributed by atoms with E-state index in [2.05, 4.69) is 0 Å². The molecule has 6 heteroatoms. The molecule has 0 saturated carbocycles. The molecule has 0 amide bonds. The molecule has 138 valence electrons. The molecule has 0 heterocycles. The molecule has 0 atom stereocenters. The van der Waals surface area contributed by atoms with Gasteiger partial charge in [-0.05, 0) is 27.7 Å². The van der Waals surface area contributed by atoms with E-state index < -0.39 is 22.8 Å². The summed E-state index contributed by atoms with van der Waals surface area (Å²) in [4.78, 5) is 48.0. The largest absolute Gasteiger partial charge is 0.461 e. The summed E-state index contributed by atoms with van der Waals surface area (Å²) in [7, 11) is 0. The topological polar surface area (TPSA) is 86.7 Å². The van der Waals surface area contributed by atoms with Crippen LogP contribution >= 0.6 is 0 Å². The highest BCUT2D eigenvalue weighted by atomic mass is 16.6. The van der Waals surface area contributed by atoms with Gasteiger partial charge in [-0.3, -0.25) is 19.2 Å². The molecule has 0 aliphatic heterocycles. The third-order valence-corrected chi connectivity index (χ3v) is 3.85. The maximum Gasteiger partial charge on any atom is 0.319 e. The monoisotopic (exact) mass is 342 g/mol. The first-order valence-electron chi connectivity index (χ1n) is 8.19. The lowest BCUT2D eigenvalue weighted by Gasteiger charge is -2.24. The van der Waals surface area contributed by atoms with Gasteiger partial charge in [-0.2, -0.15) is 0 Å². The lowest BCUT2D eigenvalue weighted by Crippen LogP contribution is -2.39. The summed E-state index contributed by atoms with van der Waals surface area (Å²) in [5.74, 6) is -2.31. The molecule has 0 rings (SSSR count). The van der Waals surface area contributed by atoms with Gasteiger partial charge in [-0.15, -0.1) is 0 Å². The molecular formula is C18H30O6. The third-order valence-electron chi connectivity index (χ3n) is 3.85. The van der Waals surface area contributed by atoms with E-state index in [0.29, 0.717) is 0 Å². The van der Waals surface area contributed by atoms with Gasteiger partial charge in [-0.1, -0.05) is 27.7 Å². The molecule has 0 bridgehead atoms. The van der Waals surface area contributed by atoms with Crippen molar-refractivity contribution in [3.8, 4) is 0 Å². The average molecular weight is 342 g/mol. The van der Waals surface area contributed by atoms with E-state index >= 15 is 0 Å². The SMILES string of the molecule is CC(C)C(=O)C(C)(C)C(=O)OCCOC(=O)C(C)(C)C(=O)C(C)C. The van der Waals surface area contributed by atoms with E-state index in [-0.39, 0.29) is 36.6 Å². The van der Waals surface area contributed by atoms with Crippen LogP contribution < -0.4 is 0 Å². The molecule has 6 nitrogen and oxygen atoms in total. The van der Waals surface area contributed by atoms with Crippen LogP contribution in [0.4, 0.5) is 0 Å². The Morgan fingerprint density at radius 2 is 0.917 bits per heavy atom. The second kappa shape index (κ2) is 8.40. The Hall–Kier alpha value is -1.72. The lowest BCUT2D eigenvalue weighted by atomic mass is 9.82. The fraction of sp³-hybridized carbons (Fsp3) is 0.778. The van der Waals surface area contributed by atoms with E-state index in [1.54, 1.807) is 27.7 Å². The number of Topliss-reactive ketones (excluding diaryl/α,β-unsaturated/α-hetero) is 2. The smallest absolute Gasteiger partial charge is 0.319 e. The van der Waals surface area contributed by atoms with Crippen LogP contribution in [0.25, 0.3) is 0 Å². The number of carbonyl (C=O) groups excluding carboxylic acids is 4. The minimum atomic E-state index is -1.24. The van der Waals surface area contributed by atoms with Gasteiger partial charge in [0, 0.05) is 11.8 Å². The van der Waals surface area contributed by atoms with Gasteiger partial charge in [0.2, 0.25) is 0 Å². The number of hydrogen-bond acceptors (Lipinski definition) is 6. The predicted octanol–water partition coefficient (Wildman–Crippen LogP) is 2.58. The Morgan fingerprint density at radius 3 is 1.12 bits per heavy atom. The summed E-state index contributed by atoms with van der Waals surface area (Å²) in [6.07, 6.45) is 0. The third kappa shape index (κ3) is 5.42. The molecule has 24 heavy (non-hydrogen) atoms. The quantitative estimate of drug-likeness (QED) is 0.364. The van der Waals surface area contributed by atoms with Gasteiger partial charge < -0.3 is 9.47 Å². The second-order valence-electron chi connectivity index (χ2n) is 7.56. The van der Waals surface area contributed by atoms with Crippen LogP contribution in [0.1, 0.15) is 55.4 Å². The molecule has 0 aromatic heterocycles. The Labute approximate surface area is 144 Å². The zero-order valence-electron chi connectivity index (χ0n) is 16.0. The second-order valence-corrected chi connectivity index (χ2v) is 7.56. The molecule has 0 fully saturated rings. The number of carbonyl (C=O) groups is 4. The molecule has 0 aliphatic rings. The molecule has 0 aliphatic carbocycles. The van der Waals surface area contributed by atoms with Gasteiger partial charge in [-0.25, -0.2) is 0 Å². The van der Waals surface area contributed by atoms with Crippen molar-refractivity contribution in [2.75, 3.05) is 13.2 Å². The molecule has 0 aromatic rings. The van der Waals surface area contributed by atoms with Crippen LogP contribution in [0.3, 0.4) is 0 Å². The number of rotatable bonds is 9. The molecular weight excluding hydrogens is 312 g/mol. The van der Waals surface area contributed by atoms with Crippen molar-refractivity contribution in [2.24, 2.45) is 22.7 Å². The lowest BCUT2D eigenvalue weighted by molar-refractivity contribution is -0.167. The molecule has 0 N–H and O–H groups in total. The fourth-order valence-corrected chi connectivity index (χ4v) is 2.27.